The number of thiazole rings is 1. The molecule has 1 aliphatic heterocycles. The van der Waals surface area contributed by atoms with Crippen LogP contribution in [-0.2, 0) is 6.18 Å². The van der Waals surface area contributed by atoms with Crippen LogP contribution in [-0.4, -0.2) is 76.9 Å². The number of hydrogen-bond donors (Lipinski definition) is 2. The number of likely N-dealkylation sites (N-methyl/N-ethyl adjacent to an activating group) is 1. The van der Waals surface area contributed by atoms with Gasteiger partial charge in [-0.05, 0) is 39.8 Å². The molecule has 0 spiro atoms. The summed E-state index contributed by atoms with van der Waals surface area (Å²) in [5.41, 5.74) is -2.66. The lowest BCUT2D eigenvalue weighted by Gasteiger charge is -2.44. The van der Waals surface area contributed by atoms with Crippen molar-refractivity contribution >= 4 is 34.5 Å². The molecule has 2 amide bonds. The Morgan fingerprint density at radius 1 is 1.09 bits per heavy atom. The fraction of sp³-hybridized carbons (Fsp3) is 0.484. The van der Waals surface area contributed by atoms with Gasteiger partial charge in [-0.15, -0.1) is 11.3 Å². The maximum atomic E-state index is 15.9. The Morgan fingerprint density at radius 3 is 2.40 bits per heavy atom. The molecule has 2 unspecified atom stereocenters. The third kappa shape index (κ3) is 6.91. The first-order chi connectivity index (χ1) is 21.2. The average Bonchev–Trinajstić information content (AvgIpc) is 3.49. The van der Waals surface area contributed by atoms with E-state index in [0.29, 0.717) is 31.0 Å². The number of hydrogen-bond acceptors (Lipinski definition) is 7. The number of aromatic amines is 1. The molecule has 2 N–H and O–H groups in total. The number of nitrogens with one attached hydrogen (secondary N) is 2. The van der Waals surface area contributed by atoms with Gasteiger partial charge >= 0.3 is 6.18 Å². The molecule has 2 aliphatic rings. The van der Waals surface area contributed by atoms with Crippen molar-refractivity contribution in [3.63, 3.8) is 0 Å². The monoisotopic (exact) mass is 648 g/mol. The van der Waals surface area contributed by atoms with E-state index >= 15 is 4.39 Å². The first-order valence-corrected chi connectivity index (χ1v) is 15.8. The Morgan fingerprint density at radius 2 is 1.76 bits per heavy atom. The van der Waals surface area contributed by atoms with Gasteiger partial charge in [0.05, 0.1) is 22.5 Å². The van der Waals surface area contributed by atoms with Crippen molar-refractivity contribution in [2.75, 3.05) is 37.4 Å². The summed E-state index contributed by atoms with van der Waals surface area (Å²) >= 11 is 1.06. The highest BCUT2D eigenvalue weighted by Crippen LogP contribution is 2.38. The minimum absolute atomic E-state index is 0.00819. The lowest BCUT2D eigenvalue weighted by Crippen LogP contribution is -2.55. The summed E-state index contributed by atoms with van der Waals surface area (Å²) in [6.45, 7) is 4.94. The van der Waals surface area contributed by atoms with Crippen molar-refractivity contribution in [3.05, 3.63) is 62.8 Å². The first-order valence-electron chi connectivity index (χ1n) is 14.9. The molecule has 3 aromatic rings. The second-order valence-corrected chi connectivity index (χ2v) is 12.8. The highest BCUT2D eigenvalue weighted by atomic mass is 32.1. The number of halogens is 4. The van der Waals surface area contributed by atoms with Crippen LogP contribution in [0.2, 0.25) is 0 Å². The number of H-pyrrole nitrogens is 1. The van der Waals surface area contributed by atoms with Crippen LogP contribution in [0.4, 0.5) is 28.9 Å². The van der Waals surface area contributed by atoms with Gasteiger partial charge in [0.1, 0.15) is 16.5 Å². The Kier molecular flexibility index (Phi) is 9.36. The van der Waals surface area contributed by atoms with E-state index in [4.69, 9.17) is 0 Å². The minimum atomic E-state index is -4.96. The molecule has 1 saturated heterocycles. The largest absolute Gasteiger partial charge is 0.417 e. The van der Waals surface area contributed by atoms with Gasteiger partial charge in [-0.1, -0.05) is 19.3 Å². The molecule has 0 bridgehead atoms. The molecule has 1 aliphatic carbocycles. The Balaban J connectivity index is 1.53. The smallest absolute Gasteiger partial charge is 0.367 e. The van der Waals surface area contributed by atoms with Gasteiger partial charge < -0.3 is 20.1 Å². The molecule has 0 radical (unpaired) electrons. The van der Waals surface area contributed by atoms with Gasteiger partial charge in [0.15, 0.2) is 0 Å². The number of aromatic nitrogens is 2. The van der Waals surface area contributed by atoms with Crippen LogP contribution in [0, 0.1) is 5.82 Å². The number of amides is 2. The SMILES string of the molecule is CC1CN(c2cc(F)c(-c3nc(C(=O)N(C)C4CCCCC4)cs3)cc2NC(=O)c2c[nH]c(=O)cc2C(F)(F)F)CC(C)N1C. The van der Waals surface area contributed by atoms with Crippen LogP contribution in [0.25, 0.3) is 10.6 Å². The molecule has 1 aromatic carbocycles. The van der Waals surface area contributed by atoms with Crippen LogP contribution in [0.15, 0.2) is 34.6 Å². The van der Waals surface area contributed by atoms with Gasteiger partial charge in [0.2, 0.25) is 5.56 Å². The van der Waals surface area contributed by atoms with Crippen molar-refractivity contribution in [2.45, 2.75) is 70.3 Å². The molecule has 45 heavy (non-hydrogen) atoms. The van der Waals surface area contributed by atoms with Crippen molar-refractivity contribution in [2.24, 2.45) is 0 Å². The number of piperazine rings is 1. The molecular formula is C31H36F4N6O3S. The number of anilines is 2. The molecule has 3 heterocycles. The van der Waals surface area contributed by atoms with E-state index in [9.17, 15) is 27.6 Å². The van der Waals surface area contributed by atoms with E-state index in [1.165, 1.54) is 12.1 Å². The first kappa shape index (κ1) is 32.6. The third-order valence-corrected chi connectivity index (χ3v) is 9.78. The zero-order valence-corrected chi connectivity index (χ0v) is 26.3. The summed E-state index contributed by atoms with van der Waals surface area (Å²) in [6, 6.07) is 3.14. The number of alkyl halides is 3. The van der Waals surface area contributed by atoms with Crippen LogP contribution < -0.4 is 15.8 Å². The quantitative estimate of drug-likeness (QED) is 0.326. The van der Waals surface area contributed by atoms with E-state index < -0.39 is 34.6 Å². The predicted octanol–water partition coefficient (Wildman–Crippen LogP) is 5.84. The topological polar surface area (TPSA) is 102 Å². The molecule has 5 rings (SSSR count). The maximum absolute atomic E-state index is 15.9. The molecule has 1 saturated carbocycles. The van der Waals surface area contributed by atoms with Crippen LogP contribution in [0.3, 0.4) is 0 Å². The maximum Gasteiger partial charge on any atom is 0.417 e. The molecule has 2 fully saturated rings. The number of pyridine rings is 1. The fourth-order valence-corrected chi connectivity index (χ4v) is 6.89. The lowest BCUT2D eigenvalue weighted by atomic mass is 9.94. The van der Waals surface area contributed by atoms with Gasteiger partial charge in [-0.2, -0.15) is 13.2 Å². The van der Waals surface area contributed by atoms with E-state index in [2.05, 4.69) is 20.2 Å². The molecule has 9 nitrogen and oxygen atoms in total. The molecular weight excluding hydrogens is 612 g/mol. The Hall–Kier alpha value is -3.78. The summed E-state index contributed by atoms with van der Waals surface area (Å²) in [5, 5.41) is 4.29. The van der Waals surface area contributed by atoms with Crippen molar-refractivity contribution < 1.29 is 27.2 Å². The van der Waals surface area contributed by atoms with Crippen LogP contribution in [0.1, 0.15) is 72.4 Å². The summed E-state index contributed by atoms with van der Waals surface area (Å²) < 4.78 is 57.2. The van der Waals surface area contributed by atoms with E-state index in [-0.39, 0.29) is 46.0 Å². The van der Waals surface area contributed by atoms with Crippen LogP contribution >= 0.6 is 11.3 Å². The number of carbonyl (C=O) groups excluding carboxylic acids is 2. The minimum Gasteiger partial charge on any atom is -0.367 e. The van der Waals surface area contributed by atoms with Crippen LogP contribution in [0.5, 0.6) is 0 Å². The van der Waals surface area contributed by atoms with E-state index in [0.717, 1.165) is 43.4 Å². The molecule has 2 atom stereocenters. The number of rotatable bonds is 6. The Bertz CT molecular complexity index is 1620. The summed E-state index contributed by atoms with van der Waals surface area (Å²) in [6.07, 6.45) is 0.802. The number of benzene rings is 1. The van der Waals surface area contributed by atoms with Gasteiger partial charge in [0, 0.05) is 67.5 Å². The third-order valence-electron chi connectivity index (χ3n) is 8.90. The standard InChI is InChI=1S/C31H36F4N6O3S/c1-17-14-41(15-18(2)39(17)3)26-12-23(32)20(29-38-25(16-45-29)30(44)40(4)19-8-6-5-7-9-19)10-24(26)37-28(43)21-13-36-27(42)11-22(21)31(33,34)35/h10-13,16-19H,5-9,14-15H2,1-4H3,(H,36,42)(H,37,43). The zero-order chi connectivity index (χ0) is 32.6. The fourth-order valence-electron chi connectivity index (χ4n) is 6.08. The van der Waals surface area contributed by atoms with E-state index in [1.54, 1.807) is 17.3 Å². The average molecular weight is 649 g/mol. The Labute approximate surface area is 262 Å². The second-order valence-electron chi connectivity index (χ2n) is 11.9. The normalized spacial score (nSPS) is 19.9. The molecule has 2 aromatic heterocycles. The highest BCUT2D eigenvalue weighted by molar-refractivity contribution is 7.13. The molecule has 242 valence electrons. The summed E-state index contributed by atoms with van der Waals surface area (Å²) in [5.74, 6) is -2.05. The number of carbonyl (C=O) groups is 2. The van der Waals surface area contributed by atoms with E-state index in [1.807, 2.05) is 25.8 Å². The van der Waals surface area contributed by atoms with Gasteiger partial charge in [-0.3, -0.25) is 19.3 Å². The summed E-state index contributed by atoms with van der Waals surface area (Å²) in [7, 11) is 3.71. The second kappa shape index (κ2) is 12.9. The molecule has 14 heteroatoms. The predicted molar refractivity (Wildman–Crippen MR) is 165 cm³/mol. The zero-order valence-electron chi connectivity index (χ0n) is 25.5. The lowest BCUT2D eigenvalue weighted by molar-refractivity contribution is -0.138. The van der Waals surface area contributed by atoms with Crippen molar-refractivity contribution in [1.29, 1.82) is 0 Å². The van der Waals surface area contributed by atoms with Crippen molar-refractivity contribution in [1.82, 2.24) is 19.8 Å². The van der Waals surface area contributed by atoms with Crippen molar-refractivity contribution in [3.8, 4) is 10.6 Å². The highest BCUT2D eigenvalue weighted by Gasteiger charge is 2.36. The van der Waals surface area contributed by atoms with Gasteiger partial charge in [0.25, 0.3) is 11.8 Å². The number of nitrogens with zero attached hydrogens (tertiary/aromatic N) is 4. The van der Waals surface area contributed by atoms with Gasteiger partial charge in [-0.25, -0.2) is 9.37 Å². The summed E-state index contributed by atoms with van der Waals surface area (Å²) in [4.78, 5) is 50.5.